The van der Waals surface area contributed by atoms with Crippen molar-refractivity contribution in [2.24, 2.45) is 0 Å². The summed E-state index contributed by atoms with van der Waals surface area (Å²) in [6.07, 6.45) is 3.78. The third-order valence-electron chi connectivity index (χ3n) is 12.9. The summed E-state index contributed by atoms with van der Waals surface area (Å²) in [5.74, 6) is 0. The lowest BCUT2D eigenvalue weighted by atomic mass is 9.92. The van der Waals surface area contributed by atoms with Gasteiger partial charge in [-0.15, -0.1) is 0 Å². The van der Waals surface area contributed by atoms with Gasteiger partial charge in [-0.2, -0.15) is 0 Å². The molecule has 0 bridgehead atoms. The van der Waals surface area contributed by atoms with Crippen LogP contribution in [-0.4, -0.2) is 4.98 Å². The lowest BCUT2D eigenvalue weighted by Gasteiger charge is -2.30. The number of para-hydroxylation sites is 4. The van der Waals surface area contributed by atoms with Crippen LogP contribution in [0, 0.1) is 0 Å². The number of hydrogen-bond donors (Lipinski definition) is 0. The largest absolute Gasteiger partial charge is 0.454 e. The average Bonchev–Trinajstić information content (AvgIpc) is 3.77. The van der Waals surface area contributed by atoms with Crippen molar-refractivity contribution in [3.63, 3.8) is 0 Å². The first-order valence-corrected chi connectivity index (χ1v) is 23.1. The molecule has 10 aromatic carbocycles. The van der Waals surface area contributed by atoms with E-state index in [9.17, 15) is 0 Å². The maximum atomic E-state index is 6.74. The highest BCUT2D eigenvalue weighted by Crippen LogP contribution is 2.53. The molecule has 1 aliphatic heterocycles. The molecule has 13 rings (SSSR count). The van der Waals surface area contributed by atoms with Crippen LogP contribution in [0.15, 0.2) is 251 Å². The van der Waals surface area contributed by atoms with E-state index in [2.05, 4.69) is 227 Å². The molecule has 0 saturated heterocycles. The third kappa shape index (κ3) is 6.27. The summed E-state index contributed by atoms with van der Waals surface area (Å²) in [5.41, 5.74) is 15.1. The van der Waals surface area contributed by atoms with E-state index in [4.69, 9.17) is 4.42 Å². The minimum atomic E-state index is 0.860. The summed E-state index contributed by atoms with van der Waals surface area (Å²) in [4.78, 5) is 11.8. The van der Waals surface area contributed by atoms with Crippen LogP contribution >= 0.6 is 11.8 Å². The van der Waals surface area contributed by atoms with Crippen LogP contribution in [0.3, 0.4) is 0 Å². The van der Waals surface area contributed by atoms with Gasteiger partial charge in [-0.1, -0.05) is 163 Å². The van der Waals surface area contributed by atoms with Gasteiger partial charge in [0.2, 0.25) is 0 Å². The van der Waals surface area contributed by atoms with E-state index in [1.165, 1.54) is 48.0 Å². The van der Waals surface area contributed by atoms with Gasteiger partial charge in [-0.3, -0.25) is 4.98 Å². The average molecular weight is 862 g/mol. The molecule has 66 heavy (non-hydrogen) atoms. The molecule has 0 spiro atoms. The number of aromatic nitrogens is 1. The quantitative estimate of drug-likeness (QED) is 0.142. The fourth-order valence-electron chi connectivity index (χ4n) is 9.97. The first-order chi connectivity index (χ1) is 32.7. The van der Waals surface area contributed by atoms with Crippen molar-refractivity contribution >= 4 is 89.4 Å². The van der Waals surface area contributed by atoms with Gasteiger partial charge in [0, 0.05) is 54.6 Å². The Bertz CT molecular complexity index is 3810. The fourth-order valence-corrected chi connectivity index (χ4v) is 11.1. The number of fused-ring (bicyclic) bond motifs is 7. The Morgan fingerprint density at radius 3 is 1.79 bits per heavy atom. The first kappa shape index (κ1) is 38.1. The standard InChI is InChI=1S/C61H39N3OS/c1-3-16-40(17-4-1)46-21-7-10-26-54(46)63(45-20-15-35-62-39-45)43-32-31-42-36-53-49-34-33-44(38-59(49)66-58-30-14-24-50(60(53)58)52(42)37-43)64(55-27-11-8-22-47(55)41-18-5-2-6-19-41)56-28-13-25-51-48-23-9-12-29-57(48)65-61(51)56/h1-39H. The fraction of sp³-hybridized carbons (Fsp3) is 0. The lowest BCUT2D eigenvalue weighted by Crippen LogP contribution is -2.12. The Kier molecular flexibility index (Phi) is 9.07. The van der Waals surface area contributed by atoms with Gasteiger partial charge in [-0.25, -0.2) is 0 Å². The number of pyridine rings is 1. The smallest absolute Gasteiger partial charge is 0.159 e. The second-order valence-electron chi connectivity index (χ2n) is 16.7. The summed E-state index contributed by atoms with van der Waals surface area (Å²) >= 11 is 1.85. The Morgan fingerprint density at radius 1 is 0.379 bits per heavy atom. The molecular weight excluding hydrogens is 823 g/mol. The predicted molar refractivity (Wildman–Crippen MR) is 276 cm³/mol. The van der Waals surface area contributed by atoms with Crippen molar-refractivity contribution in [2.45, 2.75) is 9.79 Å². The number of anilines is 6. The number of benzene rings is 10. The molecule has 0 unspecified atom stereocenters. The Hall–Kier alpha value is -8.38. The molecule has 0 N–H and O–H groups in total. The van der Waals surface area contributed by atoms with E-state index < -0.39 is 0 Å². The van der Waals surface area contributed by atoms with E-state index in [-0.39, 0.29) is 0 Å². The topological polar surface area (TPSA) is 32.5 Å². The van der Waals surface area contributed by atoms with E-state index in [1.54, 1.807) is 0 Å². The van der Waals surface area contributed by atoms with Gasteiger partial charge in [0.05, 0.1) is 28.9 Å². The Labute approximate surface area is 386 Å². The second kappa shape index (κ2) is 15.7. The molecule has 0 atom stereocenters. The molecule has 1 aliphatic rings. The van der Waals surface area contributed by atoms with Crippen LogP contribution in [0.5, 0.6) is 0 Å². The van der Waals surface area contributed by atoms with E-state index in [1.807, 2.05) is 36.3 Å². The molecule has 4 nitrogen and oxygen atoms in total. The molecule has 0 fully saturated rings. The number of hydrogen-bond acceptors (Lipinski definition) is 5. The Balaban J connectivity index is 0.976. The van der Waals surface area contributed by atoms with Crippen molar-refractivity contribution in [1.29, 1.82) is 0 Å². The minimum absolute atomic E-state index is 0.860. The molecule has 3 heterocycles. The maximum Gasteiger partial charge on any atom is 0.159 e. The summed E-state index contributed by atoms with van der Waals surface area (Å²) in [6.45, 7) is 0. The molecule has 5 heteroatoms. The molecule has 0 aliphatic carbocycles. The van der Waals surface area contributed by atoms with Crippen LogP contribution in [-0.2, 0) is 0 Å². The van der Waals surface area contributed by atoms with Crippen molar-refractivity contribution in [2.75, 3.05) is 9.80 Å². The predicted octanol–water partition coefficient (Wildman–Crippen LogP) is 17.7. The number of nitrogens with zero attached hydrogens (tertiary/aromatic N) is 3. The second-order valence-corrected chi connectivity index (χ2v) is 17.8. The Morgan fingerprint density at radius 2 is 1.02 bits per heavy atom. The molecule has 0 saturated carbocycles. The van der Waals surface area contributed by atoms with Crippen LogP contribution in [0.1, 0.15) is 0 Å². The van der Waals surface area contributed by atoms with Gasteiger partial charge >= 0.3 is 0 Å². The zero-order valence-corrected chi connectivity index (χ0v) is 36.5. The SMILES string of the molecule is c1ccc(-c2ccccc2N(c2cccnc2)c2ccc3cc4c5c(cccc5c3c2)Sc2cc(N(c3ccccc3-c3ccccc3)c3cccc5c3oc3ccccc35)ccc2-4)cc1. The van der Waals surface area contributed by atoms with Crippen molar-refractivity contribution < 1.29 is 4.42 Å². The van der Waals surface area contributed by atoms with E-state index >= 15 is 0 Å². The normalized spacial score (nSPS) is 11.9. The molecule has 0 amide bonds. The number of furan rings is 1. The maximum absolute atomic E-state index is 6.74. The monoisotopic (exact) mass is 861 g/mol. The van der Waals surface area contributed by atoms with Crippen molar-refractivity contribution in [3.8, 4) is 33.4 Å². The first-order valence-electron chi connectivity index (χ1n) is 22.3. The van der Waals surface area contributed by atoms with Crippen LogP contribution in [0.2, 0.25) is 0 Å². The molecular formula is C61H39N3OS. The third-order valence-corrected chi connectivity index (χ3v) is 14.0. The number of rotatable bonds is 8. The summed E-state index contributed by atoms with van der Waals surface area (Å²) < 4.78 is 6.74. The lowest BCUT2D eigenvalue weighted by molar-refractivity contribution is 0.669. The highest BCUT2D eigenvalue weighted by molar-refractivity contribution is 7.99. The van der Waals surface area contributed by atoms with Gasteiger partial charge in [0.15, 0.2) is 5.58 Å². The highest BCUT2D eigenvalue weighted by atomic mass is 32.2. The van der Waals surface area contributed by atoms with Crippen LogP contribution < -0.4 is 9.80 Å². The van der Waals surface area contributed by atoms with Gasteiger partial charge < -0.3 is 14.2 Å². The molecule has 2 aromatic heterocycles. The zero-order chi connectivity index (χ0) is 43.6. The highest BCUT2D eigenvalue weighted by Gasteiger charge is 2.27. The van der Waals surface area contributed by atoms with Crippen molar-refractivity contribution in [3.05, 3.63) is 237 Å². The van der Waals surface area contributed by atoms with Gasteiger partial charge in [0.1, 0.15) is 5.58 Å². The molecule has 0 radical (unpaired) electrons. The van der Waals surface area contributed by atoms with Gasteiger partial charge in [-0.05, 0) is 111 Å². The molecule has 12 aromatic rings. The van der Waals surface area contributed by atoms with Crippen molar-refractivity contribution in [1.82, 2.24) is 4.98 Å². The zero-order valence-electron chi connectivity index (χ0n) is 35.7. The van der Waals surface area contributed by atoms with Crippen LogP contribution in [0.25, 0.3) is 76.9 Å². The van der Waals surface area contributed by atoms with E-state index in [0.29, 0.717) is 0 Å². The van der Waals surface area contributed by atoms with Gasteiger partial charge in [0.25, 0.3) is 0 Å². The molecule has 310 valence electrons. The summed E-state index contributed by atoms with van der Waals surface area (Å²) in [7, 11) is 0. The van der Waals surface area contributed by atoms with E-state index in [0.717, 1.165) is 72.8 Å². The summed E-state index contributed by atoms with van der Waals surface area (Å²) in [6, 6.07) is 80.6. The minimum Gasteiger partial charge on any atom is -0.454 e. The summed E-state index contributed by atoms with van der Waals surface area (Å²) in [5, 5.41) is 7.12. The van der Waals surface area contributed by atoms with Crippen LogP contribution in [0.4, 0.5) is 34.1 Å².